The number of likely N-dealkylation sites (N-methyl/N-ethyl adjacent to an activating group) is 1. The Hall–Kier alpha value is -3.06. The first kappa shape index (κ1) is 19.9. The number of hydrogen-bond acceptors (Lipinski definition) is 4. The number of fused-ring (bicyclic) bond motifs is 2. The topological polar surface area (TPSA) is 51.7 Å². The van der Waals surface area contributed by atoms with E-state index in [0.29, 0.717) is 48.5 Å². The number of H-pyrrole nitrogens is 1. The molecule has 1 fully saturated rings. The molecule has 0 unspecified atom stereocenters. The molecule has 0 spiro atoms. The van der Waals surface area contributed by atoms with Crippen LogP contribution >= 0.6 is 0 Å². The zero-order valence-electron chi connectivity index (χ0n) is 17.4. The van der Waals surface area contributed by atoms with Crippen molar-refractivity contribution in [2.75, 3.05) is 38.1 Å². The molecule has 0 aromatic heterocycles. The second-order valence-corrected chi connectivity index (χ2v) is 8.30. The van der Waals surface area contributed by atoms with Crippen molar-refractivity contribution in [1.29, 1.82) is 0 Å². The fourth-order valence-electron chi connectivity index (χ4n) is 4.61. The number of aliphatic imine (C=N–C) groups is 1. The van der Waals surface area contributed by atoms with Crippen molar-refractivity contribution in [3.05, 3.63) is 69.5 Å². The molecular weight excluding hydrogens is 398 g/mol. The Balaban J connectivity index is 1.60. The highest BCUT2D eigenvalue weighted by Crippen LogP contribution is 2.38. The minimum atomic E-state index is -0.630. The number of nitrogens with zero attached hydrogens (tertiary/aromatic N) is 3. The molecule has 7 heteroatoms. The fraction of sp³-hybridized carbons (Fsp3) is 0.333. The molecule has 1 aromatic carbocycles. The summed E-state index contributed by atoms with van der Waals surface area (Å²) >= 11 is 0. The molecule has 1 aliphatic carbocycles. The summed E-state index contributed by atoms with van der Waals surface area (Å²) < 4.78 is 30.6. The summed E-state index contributed by atoms with van der Waals surface area (Å²) in [5, 5.41) is 0. The predicted molar refractivity (Wildman–Crippen MR) is 119 cm³/mol. The van der Waals surface area contributed by atoms with Gasteiger partial charge in [0.1, 0.15) is 17.2 Å². The summed E-state index contributed by atoms with van der Waals surface area (Å²) in [5.41, 5.74) is 2.95. The largest absolute Gasteiger partial charge is 0.365 e. The average Bonchev–Trinajstić information content (AvgIpc) is 2.91. The standard InChI is InChI=1S/C24H24F2N4O/c1-29-10-5-11-30(13-12-29)23-17(25)14-15-8-9-19(27-22(15)21(23)26)20-16-6-3-2-4-7-18(16)28-24(20)31/h2-4,6-7,14H,5,8-13H2,1H3,(H,28,31). The quantitative estimate of drug-likeness (QED) is 0.680. The van der Waals surface area contributed by atoms with E-state index in [-0.39, 0.29) is 16.9 Å². The third-order valence-corrected chi connectivity index (χ3v) is 6.23. The van der Waals surface area contributed by atoms with Crippen LogP contribution in [0.4, 0.5) is 20.2 Å². The summed E-state index contributed by atoms with van der Waals surface area (Å²) in [5.74, 6) is -1.17. The molecule has 5 rings (SSSR count). The molecule has 5 nitrogen and oxygen atoms in total. The van der Waals surface area contributed by atoms with Crippen molar-refractivity contribution in [3.63, 3.8) is 0 Å². The number of aromatic amines is 1. The number of hydrogen-bond donors (Lipinski definition) is 1. The zero-order chi connectivity index (χ0) is 21.5. The van der Waals surface area contributed by atoms with E-state index < -0.39 is 11.6 Å². The molecule has 3 heterocycles. The van der Waals surface area contributed by atoms with E-state index in [1.807, 2.05) is 37.4 Å². The van der Waals surface area contributed by atoms with Gasteiger partial charge in [0.05, 0.1) is 11.3 Å². The number of rotatable bonds is 2. The van der Waals surface area contributed by atoms with Crippen LogP contribution in [0, 0.1) is 11.6 Å². The van der Waals surface area contributed by atoms with Crippen LogP contribution in [0.3, 0.4) is 0 Å². The van der Waals surface area contributed by atoms with Gasteiger partial charge in [-0.2, -0.15) is 0 Å². The van der Waals surface area contributed by atoms with Gasteiger partial charge in [0.25, 0.3) is 5.56 Å². The molecule has 31 heavy (non-hydrogen) atoms. The third-order valence-electron chi connectivity index (χ3n) is 6.23. The predicted octanol–water partition coefficient (Wildman–Crippen LogP) is 3.97. The maximum absolute atomic E-state index is 15.6. The molecule has 4 aliphatic rings. The Bertz CT molecular complexity index is 1200. The Morgan fingerprint density at radius 2 is 1.87 bits per heavy atom. The highest BCUT2D eigenvalue weighted by atomic mass is 19.1. The van der Waals surface area contributed by atoms with E-state index in [0.717, 1.165) is 25.1 Å². The Kier molecular flexibility index (Phi) is 5.06. The lowest BCUT2D eigenvalue weighted by Gasteiger charge is -2.26. The number of benzene rings is 1. The van der Waals surface area contributed by atoms with E-state index >= 15 is 4.39 Å². The highest BCUT2D eigenvalue weighted by molar-refractivity contribution is 6.08. The third kappa shape index (κ3) is 3.53. The summed E-state index contributed by atoms with van der Waals surface area (Å²) in [4.78, 5) is 24.1. The Morgan fingerprint density at radius 1 is 1.03 bits per heavy atom. The molecule has 0 amide bonds. The van der Waals surface area contributed by atoms with Gasteiger partial charge in [-0.1, -0.05) is 24.3 Å². The van der Waals surface area contributed by atoms with Crippen LogP contribution in [-0.2, 0) is 6.42 Å². The Morgan fingerprint density at radius 3 is 2.74 bits per heavy atom. The van der Waals surface area contributed by atoms with E-state index in [1.54, 1.807) is 4.90 Å². The number of halogens is 2. The normalized spacial score (nSPS) is 17.4. The van der Waals surface area contributed by atoms with Gasteiger partial charge in [0.15, 0.2) is 5.82 Å². The SMILES string of the molecule is CN1CCCN(c2c(F)cc3c(c2F)N=C(c2c4cccccc-4[nH]c2=O)CC3)CC1. The van der Waals surface area contributed by atoms with Crippen LogP contribution in [0.5, 0.6) is 0 Å². The molecule has 0 saturated carbocycles. The van der Waals surface area contributed by atoms with Crippen molar-refractivity contribution in [1.82, 2.24) is 9.88 Å². The van der Waals surface area contributed by atoms with Crippen molar-refractivity contribution in [2.24, 2.45) is 4.99 Å². The number of anilines is 1. The summed E-state index contributed by atoms with van der Waals surface area (Å²) in [6.45, 7) is 2.80. The number of aryl methyl sites for hydroxylation is 1. The molecule has 160 valence electrons. The maximum Gasteiger partial charge on any atom is 0.258 e. The zero-order valence-corrected chi connectivity index (χ0v) is 17.4. The van der Waals surface area contributed by atoms with Gasteiger partial charge in [0.2, 0.25) is 0 Å². The molecule has 1 aromatic rings. The van der Waals surface area contributed by atoms with E-state index in [4.69, 9.17) is 0 Å². The van der Waals surface area contributed by atoms with Crippen molar-refractivity contribution >= 4 is 17.1 Å². The first-order chi connectivity index (χ1) is 15.0. The van der Waals surface area contributed by atoms with Crippen LogP contribution in [0.2, 0.25) is 0 Å². The van der Waals surface area contributed by atoms with Gasteiger partial charge >= 0.3 is 0 Å². The van der Waals surface area contributed by atoms with E-state index in [1.165, 1.54) is 6.07 Å². The van der Waals surface area contributed by atoms with Crippen molar-refractivity contribution in [2.45, 2.75) is 19.3 Å². The summed E-state index contributed by atoms with van der Waals surface area (Å²) in [6.07, 6.45) is 1.74. The van der Waals surface area contributed by atoms with Crippen LogP contribution in [0.25, 0.3) is 11.3 Å². The highest BCUT2D eigenvalue weighted by Gasteiger charge is 2.28. The number of nitrogens with one attached hydrogen (secondary N) is 1. The monoisotopic (exact) mass is 422 g/mol. The molecular formula is C24H24F2N4O. The van der Waals surface area contributed by atoms with Gasteiger partial charge < -0.3 is 14.8 Å². The van der Waals surface area contributed by atoms with Crippen LogP contribution in [-0.4, -0.2) is 48.8 Å². The lowest BCUT2D eigenvalue weighted by atomic mass is 9.95. The molecule has 0 bridgehead atoms. The minimum absolute atomic E-state index is 0.00766. The molecule has 1 N–H and O–H groups in total. The van der Waals surface area contributed by atoms with Gasteiger partial charge in [-0.3, -0.25) is 4.79 Å². The van der Waals surface area contributed by atoms with Gasteiger partial charge in [-0.05, 0) is 50.6 Å². The van der Waals surface area contributed by atoms with Crippen LogP contribution in [0.1, 0.15) is 24.0 Å². The van der Waals surface area contributed by atoms with Crippen molar-refractivity contribution in [3.8, 4) is 11.3 Å². The number of aromatic nitrogens is 1. The van der Waals surface area contributed by atoms with Crippen LogP contribution < -0.4 is 10.5 Å². The second kappa shape index (κ2) is 7.89. The van der Waals surface area contributed by atoms with E-state index in [2.05, 4.69) is 14.9 Å². The molecule has 0 atom stereocenters. The summed E-state index contributed by atoms with van der Waals surface area (Å²) in [7, 11) is 2.02. The molecule has 0 radical (unpaired) electrons. The Labute approximate surface area is 179 Å². The summed E-state index contributed by atoms with van der Waals surface area (Å²) in [6, 6.07) is 10.7. The average molecular weight is 422 g/mol. The smallest absolute Gasteiger partial charge is 0.258 e. The maximum atomic E-state index is 15.6. The van der Waals surface area contributed by atoms with Gasteiger partial charge in [-0.15, -0.1) is 0 Å². The van der Waals surface area contributed by atoms with E-state index in [9.17, 15) is 9.18 Å². The van der Waals surface area contributed by atoms with Gasteiger partial charge in [-0.25, -0.2) is 13.8 Å². The minimum Gasteiger partial charge on any atom is -0.365 e. The molecule has 3 aliphatic heterocycles. The lowest BCUT2D eigenvalue weighted by Crippen LogP contribution is -2.30. The molecule has 1 saturated heterocycles. The van der Waals surface area contributed by atoms with Crippen molar-refractivity contribution < 1.29 is 8.78 Å². The van der Waals surface area contributed by atoms with Gasteiger partial charge in [0, 0.05) is 30.9 Å². The second-order valence-electron chi connectivity index (χ2n) is 8.30. The lowest BCUT2D eigenvalue weighted by molar-refractivity contribution is 0.360. The fourth-order valence-corrected chi connectivity index (χ4v) is 4.61. The van der Waals surface area contributed by atoms with Crippen LogP contribution in [0.15, 0.2) is 46.2 Å². The first-order valence-corrected chi connectivity index (χ1v) is 10.7. The first-order valence-electron chi connectivity index (χ1n) is 10.7.